The molecule has 0 saturated heterocycles. The summed E-state index contributed by atoms with van der Waals surface area (Å²) in [5.41, 5.74) is 6.56. The van der Waals surface area contributed by atoms with Crippen molar-refractivity contribution in [2.24, 2.45) is 0 Å². The van der Waals surface area contributed by atoms with Gasteiger partial charge in [0, 0.05) is 36.2 Å². The average Bonchev–Trinajstić information content (AvgIpc) is 3.49. The number of allylic oxidation sites excluding steroid dienone is 5. The minimum absolute atomic E-state index is 0.269. The first kappa shape index (κ1) is 24.5. The molecule has 0 bridgehead atoms. The normalized spacial score (nSPS) is 14.7. The second-order valence-corrected chi connectivity index (χ2v) is 8.83. The molecule has 0 radical (unpaired) electrons. The highest BCUT2D eigenvalue weighted by Crippen LogP contribution is 2.32. The van der Waals surface area contributed by atoms with Gasteiger partial charge in [0.2, 0.25) is 0 Å². The Morgan fingerprint density at radius 2 is 2.17 bits per heavy atom. The third-order valence-corrected chi connectivity index (χ3v) is 6.50. The summed E-state index contributed by atoms with van der Waals surface area (Å²) in [5, 5.41) is 6.81. The summed E-state index contributed by atoms with van der Waals surface area (Å²) in [6, 6.07) is 2.25. The first-order chi connectivity index (χ1) is 17.1. The number of methoxy groups -OCH3 is 1. The number of nitrogens with one attached hydrogen (secondary N) is 3. The summed E-state index contributed by atoms with van der Waals surface area (Å²) in [6.45, 7) is 7.59. The van der Waals surface area contributed by atoms with E-state index in [4.69, 9.17) is 9.72 Å². The number of fused-ring (bicyclic) bond motifs is 2. The van der Waals surface area contributed by atoms with Gasteiger partial charge in [-0.25, -0.2) is 4.98 Å². The lowest BCUT2D eigenvalue weighted by molar-refractivity contribution is 0.293. The number of hydrogen-bond acceptors (Lipinski definition) is 5. The van der Waals surface area contributed by atoms with E-state index in [1.807, 2.05) is 50.8 Å². The zero-order valence-electron chi connectivity index (χ0n) is 21.0. The molecule has 7 heteroatoms. The van der Waals surface area contributed by atoms with Gasteiger partial charge in [-0.3, -0.25) is 9.38 Å². The van der Waals surface area contributed by atoms with Gasteiger partial charge >= 0.3 is 0 Å². The quantitative estimate of drug-likeness (QED) is 0.256. The second-order valence-electron chi connectivity index (χ2n) is 8.83. The maximum atomic E-state index is 5.22. The van der Waals surface area contributed by atoms with E-state index in [9.17, 15) is 0 Å². The maximum Gasteiger partial charge on any atom is 0.117 e. The molecule has 3 aromatic rings. The van der Waals surface area contributed by atoms with Crippen molar-refractivity contribution in [2.45, 2.75) is 38.5 Å². The Bertz CT molecular complexity index is 1250. The Balaban J connectivity index is 1.61. The zero-order valence-corrected chi connectivity index (χ0v) is 21.0. The van der Waals surface area contributed by atoms with Gasteiger partial charge in [0.1, 0.15) is 11.5 Å². The Kier molecular flexibility index (Phi) is 8.21. The predicted molar refractivity (Wildman–Crippen MR) is 143 cm³/mol. The molecule has 1 unspecified atom stereocenters. The van der Waals surface area contributed by atoms with Crippen LogP contribution in [0.4, 0.5) is 0 Å². The second kappa shape index (κ2) is 11.7. The summed E-state index contributed by atoms with van der Waals surface area (Å²) in [7, 11) is 3.67. The standard InChI is InChI=1S/C28H36N6O/c1-5-23(11-10-20(2)35-4)31-15-13-21(12-14-29-3)28-33-27(26-19-30-16-17-34(26)28)25-18-22-8-6-7-9-24(22)32-25/h5,7,9-11,16-19,21,29,31-32H,1,6,8,12-15H2,2-4H3/b20-10+,23-11+. The van der Waals surface area contributed by atoms with Gasteiger partial charge in [0.25, 0.3) is 0 Å². The molecule has 0 saturated carbocycles. The van der Waals surface area contributed by atoms with Crippen molar-refractivity contribution >= 4 is 11.6 Å². The molecule has 0 aliphatic heterocycles. The first-order valence-electron chi connectivity index (χ1n) is 12.3. The molecule has 3 aromatic heterocycles. The van der Waals surface area contributed by atoms with Crippen molar-refractivity contribution in [3.05, 3.63) is 84.1 Å². The molecule has 3 heterocycles. The minimum Gasteiger partial charge on any atom is -0.501 e. The van der Waals surface area contributed by atoms with Crippen LogP contribution in [-0.2, 0) is 11.2 Å². The average molecular weight is 473 g/mol. The number of aromatic amines is 1. The monoisotopic (exact) mass is 472 g/mol. The molecule has 0 spiro atoms. The van der Waals surface area contributed by atoms with E-state index in [-0.39, 0.29) is 5.92 Å². The van der Waals surface area contributed by atoms with Crippen molar-refractivity contribution in [2.75, 3.05) is 27.2 Å². The van der Waals surface area contributed by atoms with Crippen molar-refractivity contribution < 1.29 is 4.74 Å². The maximum absolute atomic E-state index is 5.22. The number of rotatable bonds is 12. The molecule has 0 fully saturated rings. The Hall–Kier alpha value is -3.58. The Morgan fingerprint density at radius 1 is 1.31 bits per heavy atom. The third kappa shape index (κ3) is 5.74. The van der Waals surface area contributed by atoms with E-state index >= 15 is 0 Å². The van der Waals surface area contributed by atoms with E-state index in [0.29, 0.717) is 0 Å². The number of aromatic nitrogens is 4. The first-order valence-corrected chi connectivity index (χ1v) is 12.3. The fourth-order valence-electron chi connectivity index (χ4n) is 4.47. The van der Waals surface area contributed by atoms with E-state index in [0.717, 1.165) is 73.0 Å². The lowest BCUT2D eigenvalue weighted by Gasteiger charge is -2.17. The molecular formula is C28H36N6O. The fourth-order valence-corrected chi connectivity index (χ4v) is 4.47. The van der Waals surface area contributed by atoms with Crippen LogP contribution in [0.3, 0.4) is 0 Å². The predicted octanol–water partition coefficient (Wildman–Crippen LogP) is 4.98. The molecule has 1 aliphatic carbocycles. The summed E-state index contributed by atoms with van der Waals surface area (Å²) in [5.74, 6) is 2.19. The molecule has 4 rings (SSSR count). The van der Waals surface area contributed by atoms with Crippen molar-refractivity contribution in [1.82, 2.24) is 30.0 Å². The smallest absolute Gasteiger partial charge is 0.117 e. The SMILES string of the molecule is C=C/C(=C\C=C(/C)OC)NCCC(CCNC)c1nc(-c2cc3c([nH]2)C=CCC3)c2cnccn12. The van der Waals surface area contributed by atoms with Crippen LogP contribution >= 0.6 is 0 Å². The number of imidazole rings is 1. The third-order valence-electron chi connectivity index (χ3n) is 6.50. The lowest BCUT2D eigenvalue weighted by Crippen LogP contribution is -2.20. The largest absolute Gasteiger partial charge is 0.501 e. The molecule has 1 atom stereocenters. The van der Waals surface area contributed by atoms with Crippen LogP contribution in [0.2, 0.25) is 0 Å². The Morgan fingerprint density at radius 3 is 2.94 bits per heavy atom. The molecule has 1 aliphatic rings. The van der Waals surface area contributed by atoms with E-state index in [1.54, 1.807) is 7.11 Å². The number of nitrogens with zero attached hydrogens (tertiary/aromatic N) is 3. The summed E-state index contributed by atoms with van der Waals surface area (Å²) in [4.78, 5) is 13.2. The van der Waals surface area contributed by atoms with Gasteiger partial charge in [-0.2, -0.15) is 0 Å². The van der Waals surface area contributed by atoms with Crippen LogP contribution in [0.1, 0.15) is 49.2 Å². The van der Waals surface area contributed by atoms with Crippen molar-refractivity contribution in [1.29, 1.82) is 0 Å². The van der Waals surface area contributed by atoms with E-state index in [2.05, 4.69) is 49.8 Å². The zero-order chi connectivity index (χ0) is 24.6. The van der Waals surface area contributed by atoms with Crippen LogP contribution in [0.25, 0.3) is 23.0 Å². The molecular weight excluding hydrogens is 436 g/mol. The number of ether oxygens (including phenoxy) is 1. The fraction of sp³-hybridized carbons (Fsp3) is 0.357. The summed E-state index contributed by atoms with van der Waals surface area (Å²) in [6.07, 6.45) is 20.0. The number of H-pyrrole nitrogens is 1. The molecule has 0 aromatic carbocycles. The van der Waals surface area contributed by atoms with Crippen molar-refractivity contribution in [3.8, 4) is 11.4 Å². The van der Waals surface area contributed by atoms with Gasteiger partial charge in [-0.1, -0.05) is 12.7 Å². The van der Waals surface area contributed by atoms with Crippen LogP contribution in [0.5, 0.6) is 0 Å². The minimum atomic E-state index is 0.269. The van der Waals surface area contributed by atoms with E-state index in [1.165, 1.54) is 11.3 Å². The highest BCUT2D eigenvalue weighted by Gasteiger charge is 2.22. The topological polar surface area (TPSA) is 79.3 Å². The Labute approximate surface area is 207 Å². The highest BCUT2D eigenvalue weighted by atomic mass is 16.5. The van der Waals surface area contributed by atoms with Gasteiger partial charge in [0.15, 0.2) is 0 Å². The van der Waals surface area contributed by atoms with Gasteiger partial charge < -0.3 is 20.4 Å². The number of hydrogen-bond donors (Lipinski definition) is 3. The molecule has 184 valence electrons. The molecule has 0 amide bonds. The lowest BCUT2D eigenvalue weighted by atomic mass is 10.00. The molecule has 7 nitrogen and oxygen atoms in total. The number of aryl methyl sites for hydroxylation is 1. The van der Waals surface area contributed by atoms with Crippen LogP contribution in [-0.4, -0.2) is 46.6 Å². The van der Waals surface area contributed by atoms with Gasteiger partial charge in [0.05, 0.1) is 30.3 Å². The highest BCUT2D eigenvalue weighted by molar-refractivity contribution is 5.77. The van der Waals surface area contributed by atoms with Crippen LogP contribution < -0.4 is 10.6 Å². The summed E-state index contributed by atoms with van der Waals surface area (Å²) >= 11 is 0. The van der Waals surface area contributed by atoms with Crippen molar-refractivity contribution in [3.63, 3.8) is 0 Å². The molecule has 35 heavy (non-hydrogen) atoms. The van der Waals surface area contributed by atoms with Gasteiger partial charge in [-0.15, -0.1) is 0 Å². The van der Waals surface area contributed by atoms with Gasteiger partial charge in [-0.05, 0) is 82.1 Å². The van der Waals surface area contributed by atoms with Crippen LogP contribution in [0.15, 0.2) is 67.0 Å². The molecule has 3 N–H and O–H groups in total. The van der Waals surface area contributed by atoms with Crippen LogP contribution in [0, 0.1) is 0 Å². The summed E-state index contributed by atoms with van der Waals surface area (Å²) < 4.78 is 7.42. The van der Waals surface area contributed by atoms with E-state index < -0.39 is 0 Å².